The SMILES string of the molecule is Cc1ccc(C2NCC(=O)N2CC2CCOC2)s1. The summed E-state index contributed by atoms with van der Waals surface area (Å²) >= 11 is 1.76. The van der Waals surface area contributed by atoms with Crippen molar-refractivity contribution in [3.05, 3.63) is 21.9 Å². The van der Waals surface area contributed by atoms with Gasteiger partial charge < -0.3 is 9.64 Å². The predicted molar refractivity (Wildman–Crippen MR) is 70.4 cm³/mol. The average Bonchev–Trinajstić information content (AvgIpc) is 3.04. The molecule has 2 saturated heterocycles. The van der Waals surface area contributed by atoms with Crippen LogP contribution in [0.4, 0.5) is 0 Å². The Kier molecular flexibility index (Phi) is 3.37. The molecule has 5 heteroatoms. The van der Waals surface area contributed by atoms with Crippen molar-refractivity contribution in [1.82, 2.24) is 10.2 Å². The molecule has 2 atom stereocenters. The molecule has 0 aromatic carbocycles. The lowest BCUT2D eigenvalue weighted by Gasteiger charge is -2.25. The van der Waals surface area contributed by atoms with Gasteiger partial charge in [-0.05, 0) is 25.5 Å². The lowest BCUT2D eigenvalue weighted by atomic mass is 10.1. The van der Waals surface area contributed by atoms with E-state index in [9.17, 15) is 4.79 Å². The normalized spacial score (nSPS) is 28.3. The zero-order valence-electron chi connectivity index (χ0n) is 10.5. The highest BCUT2D eigenvalue weighted by atomic mass is 32.1. The molecule has 0 spiro atoms. The number of ether oxygens (including phenoxy) is 1. The molecule has 0 saturated carbocycles. The standard InChI is InChI=1S/C13H18N2O2S/c1-9-2-3-11(18-9)13-14-6-12(16)15(13)7-10-4-5-17-8-10/h2-3,10,13-14H,4-8H2,1H3. The second-order valence-corrected chi connectivity index (χ2v) is 6.33. The van der Waals surface area contributed by atoms with Crippen molar-refractivity contribution in [2.24, 2.45) is 5.92 Å². The lowest BCUT2D eigenvalue weighted by molar-refractivity contribution is -0.128. The first-order chi connectivity index (χ1) is 8.74. The number of thiophene rings is 1. The van der Waals surface area contributed by atoms with E-state index in [0.717, 1.165) is 26.2 Å². The smallest absolute Gasteiger partial charge is 0.238 e. The molecule has 3 heterocycles. The highest BCUT2D eigenvalue weighted by Gasteiger charge is 2.34. The van der Waals surface area contributed by atoms with Crippen LogP contribution in [0.15, 0.2) is 12.1 Å². The second-order valence-electron chi connectivity index (χ2n) is 5.01. The van der Waals surface area contributed by atoms with Crippen molar-refractivity contribution in [3.8, 4) is 0 Å². The fraction of sp³-hybridized carbons (Fsp3) is 0.615. The highest BCUT2D eigenvalue weighted by Crippen LogP contribution is 2.30. The third-order valence-electron chi connectivity index (χ3n) is 3.59. The number of aryl methyl sites for hydroxylation is 1. The molecule has 2 aliphatic rings. The van der Waals surface area contributed by atoms with E-state index in [4.69, 9.17) is 4.74 Å². The molecule has 1 N–H and O–H groups in total. The van der Waals surface area contributed by atoms with Crippen LogP contribution >= 0.6 is 11.3 Å². The van der Waals surface area contributed by atoms with Crippen LogP contribution in [0.25, 0.3) is 0 Å². The molecule has 0 aliphatic carbocycles. The van der Waals surface area contributed by atoms with Gasteiger partial charge in [-0.25, -0.2) is 0 Å². The van der Waals surface area contributed by atoms with Gasteiger partial charge in [0.1, 0.15) is 6.17 Å². The minimum absolute atomic E-state index is 0.0665. The topological polar surface area (TPSA) is 41.6 Å². The molecule has 2 aliphatic heterocycles. The van der Waals surface area contributed by atoms with E-state index in [1.165, 1.54) is 9.75 Å². The van der Waals surface area contributed by atoms with Crippen LogP contribution in [0.1, 0.15) is 22.3 Å². The van der Waals surface area contributed by atoms with Gasteiger partial charge in [0.15, 0.2) is 0 Å². The van der Waals surface area contributed by atoms with Crippen molar-refractivity contribution in [3.63, 3.8) is 0 Å². The number of nitrogens with one attached hydrogen (secondary N) is 1. The van der Waals surface area contributed by atoms with Crippen LogP contribution in [0.2, 0.25) is 0 Å². The maximum atomic E-state index is 12.0. The van der Waals surface area contributed by atoms with Crippen molar-refractivity contribution < 1.29 is 9.53 Å². The van der Waals surface area contributed by atoms with Gasteiger partial charge in [-0.2, -0.15) is 0 Å². The Morgan fingerprint density at radius 2 is 2.44 bits per heavy atom. The summed E-state index contributed by atoms with van der Waals surface area (Å²) in [5, 5.41) is 3.31. The first-order valence-electron chi connectivity index (χ1n) is 6.41. The number of rotatable bonds is 3. The van der Waals surface area contributed by atoms with E-state index in [-0.39, 0.29) is 12.1 Å². The molecule has 1 amide bonds. The number of hydrogen-bond acceptors (Lipinski definition) is 4. The Labute approximate surface area is 111 Å². The molecule has 2 fully saturated rings. The fourth-order valence-electron chi connectivity index (χ4n) is 2.61. The Morgan fingerprint density at radius 1 is 1.56 bits per heavy atom. The monoisotopic (exact) mass is 266 g/mol. The van der Waals surface area contributed by atoms with Crippen molar-refractivity contribution in [2.45, 2.75) is 19.5 Å². The van der Waals surface area contributed by atoms with Crippen LogP contribution in [-0.2, 0) is 9.53 Å². The van der Waals surface area contributed by atoms with Crippen LogP contribution in [0.3, 0.4) is 0 Å². The van der Waals surface area contributed by atoms with Crippen LogP contribution in [0, 0.1) is 12.8 Å². The number of carbonyl (C=O) groups is 1. The van der Waals surface area contributed by atoms with Gasteiger partial charge in [-0.3, -0.25) is 10.1 Å². The molecule has 18 heavy (non-hydrogen) atoms. The fourth-order valence-corrected chi connectivity index (χ4v) is 3.57. The number of nitrogens with zero attached hydrogens (tertiary/aromatic N) is 1. The zero-order chi connectivity index (χ0) is 12.5. The van der Waals surface area contributed by atoms with Crippen molar-refractivity contribution >= 4 is 17.2 Å². The largest absolute Gasteiger partial charge is 0.381 e. The summed E-state index contributed by atoms with van der Waals surface area (Å²) in [6, 6.07) is 4.23. The molecule has 3 rings (SSSR count). The van der Waals surface area contributed by atoms with E-state index in [1.54, 1.807) is 11.3 Å². The van der Waals surface area contributed by atoms with Gasteiger partial charge in [-0.15, -0.1) is 11.3 Å². The maximum absolute atomic E-state index is 12.0. The Bertz CT molecular complexity index is 440. The molecule has 0 radical (unpaired) electrons. The molecule has 98 valence electrons. The summed E-state index contributed by atoms with van der Waals surface area (Å²) in [5.41, 5.74) is 0. The Balaban J connectivity index is 1.74. The van der Waals surface area contributed by atoms with Crippen molar-refractivity contribution in [2.75, 3.05) is 26.3 Å². The summed E-state index contributed by atoms with van der Waals surface area (Å²) in [6.45, 7) is 4.99. The number of carbonyl (C=O) groups excluding carboxylic acids is 1. The quantitative estimate of drug-likeness (QED) is 0.902. The molecular weight excluding hydrogens is 248 g/mol. The third-order valence-corrected chi connectivity index (χ3v) is 4.64. The predicted octanol–water partition coefficient (Wildman–Crippen LogP) is 1.52. The van der Waals surface area contributed by atoms with Crippen LogP contribution in [0.5, 0.6) is 0 Å². The molecule has 2 unspecified atom stereocenters. The maximum Gasteiger partial charge on any atom is 0.238 e. The van der Waals surface area contributed by atoms with Gasteiger partial charge in [0.25, 0.3) is 0 Å². The molecule has 1 aromatic heterocycles. The van der Waals surface area contributed by atoms with Gasteiger partial charge in [0.05, 0.1) is 13.2 Å². The number of hydrogen-bond donors (Lipinski definition) is 1. The van der Waals surface area contributed by atoms with Crippen LogP contribution in [-0.4, -0.2) is 37.1 Å². The first-order valence-corrected chi connectivity index (χ1v) is 7.22. The molecule has 4 nitrogen and oxygen atoms in total. The minimum atomic E-state index is 0.0665. The lowest BCUT2D eigenvalue weighted by Crippen LogP contribution is -2.34. The third kappa shape index (κ3) is 2.30. The summed E-state index contributed by atoms with van der Waals surface area (Å²) in [5.74, 6) is 0.704. The number of amides is 1. The van der Waals surface area contributed by atoms with Gasteiger partial charge in [0, 0.05) is 28.8 Å². The second kappa shape index (κ2) is 4.99. The summed E-state index contributed by atoms with van der Waals surface area (Å²) in [7, 11) is 0. The highest BCUT2D eigenvalue weighted by molar-refractivity contribution is 7.12. The van der Waals surface area contributed by atoms with Gasteiger partial charge in [0.2, 0.25) is 5.91 Å². The van der Waals surface area contributed by atoms with Crippen LogP contribution < -0.4 is 5.32 Å². The molecular formula is C13H18N2O2S. The van der Waals surface area contributed by atoms with Crippen molar-refractivity contribution in [1.29, 1.82) is 0 Å². The summed E-state index contributed by atoms with van der Waals surface area (Å²) < 4.78 is 5.39. The minimum Gasteiger partial charge on any atom is -0.381 e. The zero-order valence-corrected chi connectivity index (χ0v) is 11.3. The average molecular weight is 266 g/mol. The molecule has 1 aromatic rings. The van der Waals surface area contributed by atoms with E-state index >= 15 is 0 Å². The Hall–Kier alpha value is -0.910. The molecule has 0 bridgehead atoms. The summed E-state index contributed by atoms with van der Waals surface area (Å²) in [6.07, 6.45) is 1.14. The van der Waals surface area contributed by atoms with E-state index in [0.29, 0.717) is 12.5 Å². The summed E-state index contributed by atoms with van der Waals surface area (Å²) in [4.78, 5) is 16.5. The van der Waals surface area contributed by atoms with E-state index in [1.807, 2.05) is 4.90 Å². The Morgan fingerprint density at radius 3 is 3.11 bits per heavy atom. The van der Waals surface area contributed by atoms with Gasteiger partial charge >= 0.3 is 0 Å². The van der Waals surface area contributed by atoms with E-state index in [2.05, 4.69) is 24.4 Å². The van der Waals surface area contributed by atoms with E-state index < -0.39 is 0 Å². The van der Waals surface area contributed by atoms with Gasteiger partial charge in [-0.1, -0.05) is 0 Å². The first kappa shape index (κ1) is 12.1.